The third kappa shape index (κ3) is 3.08. The number of nitrogens with one attached hydrogen (secondary N) is 1. The number of halogens is 1. The molecule has 0 amide bonds. The van der Waals surface area contributed by atoms with Gasteiger partial charge in [-0.15, -0.1) is 0 Å². The van der Waals surface area contributed by atoms with Crippen molar-refractivity contribution in [3.63, 3.8) is 0 Å². The molecule has 5 rings (SSSR count). The number of rotatable bonds is 4. The van der Waals surface area contributed by atoms with Gasteiger partial charge in [0.15, 0.2) is 17.3 Å². The number of methoxy groups -OCH3 is 1. The molecule has 8 nitrogen and oxygen atoms in total. The van der Waals surface area contributed by atoms with Crippen LogP contribution in [0.15, 0.2) is 17.1 Å². The van der Waals surface area contributed by atoms with E-state index in [0.29, 0.717) is 35.5 Å². The Bertz CT molecular complexity index is 1070. The van der Waals surface area contributed by atoms with Gasteiger partial charge >= 0.3 is 6.16 Å². The molecular formula is C21H24FN3O5. The van der Waals surface area contributed by atoms with E-state index >= 15 is 4.39 Å². The first-order chi connectivity index (χ1) is 14.5. The molecular weight excluding hydrogens is 393 g/mol. The van der Waals surface area contributed by atoms with Gasteiger partial charge in [0.2, 0.25) is 5.43 Å². The molecule has 3 heterocycles. The lowest BCUT2D eigenvalue weighted by molar-refractivity contribution is 0.143. The van der Waals surface area contributed by atoms with E-state index in [-0.39, 0.29) is 17.2 Å². The van der Waals surface area contributed by atoms with Crippen LogP contribution in [-0.4, -0.2) is 48.6 Å². The van der Waals surface area contributed by atoms with E-state index in [0.717, 1.165) is 38.8 Å². The van der Waals surface area contributed by atoms with E-state index in [4.69, 9.17) is 9.84 Å². The van der Waals surface area contributed by atoms with Crippen molar-refractivity contribution in [3.8, 4) is 11.5 Å². The summed E-state index contributed by atoms with van der Waals surface area (Å²) in [5.74, 6) is -0.109. The van der Waals surface area contributed by atoms with E-state index < -0.39 is 17.4 Å². The Hall–Kier alpha value is -2.81. The summed E-state index contributed by atoms with van der Waals surface area (Å²) in [6.07, 6.45) is 3.82. The molecule has 30 heavy (non-hydrogen) atoms. The molecule has 160 valence electrons. The number of ether oxygens (including phenoxy) is 2. The molecule has 2 aromatic rings. The summed E-state index contributed by atoms with van der Waals surface area (Å²) in [5.41, 5.74) is 0.189. The molecule has 2 saturated heterocycles. The van der Waals surface area contributed by atoms with Crippen LogP contribution in [0.1, 0.15) is 31.7 Å². The SMILES string of the molecule is COc1c(N2C[C@@H]3CCCN[C@@H]3C2)c(F)cc2c(=O)c(OC(=O)O)cn(C3CC3)c12. The zero-order valence-corrected chi connectivity index (χ0v) is 16.7. The van der Waals surface area contributed by atoms with Gasteiger partial charge in [0.1, 0.15) is 5.69 Å². The smallest absolute Gasteiger partial charge is 0.492 e. The maximum atomic E-state index is 15.4. The highest BCUT2D eigenvalue weighted by atomic mass is 19.1. The molecule has 2 N–H and O–H groups in total. The molecule has 0 bridgehead atoms. The molecule has 1 aromatic carbocycles. The quantitative estimate of drug-likeness (QED) is 0.739. The molecule has 0 radical (unpaired) electrons. The maximum absolute atomic E-state index is 15.4. The van der Waals surface area contributed by atoms with Crippen molar-refractivity contribution >= 4 is 22.7 Å². The lowest BCUT2D eigenvalue weighted by Crippen LogP contribution is -2.40. The fourth-order valence-electron chi connectivity index (χ4n) is 4.94. The Morgan fingerprint density at radius 3 is 2.77 bits per heavy atom. The number of aromatic nitrogens is 1. The first-order valence-corrected chi connectivity index (χ1v) is 10.3. The average Bonchev–Trinajstić information content (AvgIpc) is 3.47. The van der Waals surface area contributed by atoms with Crippen LogP contribution in [0, 0.1) is 11.7 Å². The van der Waals surface area contributed by atoms with Crippen molar-refractivity contribution in [1.82, 2.24) is 9.88 Å². The molecule has 2 atom stereocenters. The van der Waals surface area contributed by atoms with Gasteiger partial charge in [0, 0.05) is 25.2 Å². The number of pyridine rings is 1. The van der Waals surface area contributed by atoms with Gasteiger partial charge in [-0.1, -0.05) is 0 Å². The number of fused-ring (bicyclic) bond motifs is 2. The van der Waals surface area contributed by atoms with Crippen molar-refractivity contribution in [3.05, 3.63) is 28.3 Å². The van der Waals surface area contributed by atoms with E-state index in [1.807, 2.05) is 4.90 Å². The number of hydrogen-bond donors (Lipinski definition) is 2. The highest BCUT2D eigenvalue weighted by Gasteiger charge is 2.38. The second-order valence-electron chi connectivity index (χ2n) is 8.33. The molecule has 9 heteroatoms. The third-order valence-electron chi connectivity index (χ3n) is 6.42. The van der Waals surface area contributed by atoms with Crippen molar-refractivity contribution < 1.29 is 23.8 Å². The minimum atomic E-state index is -1.58. The zero-order chi connectivity index (χ0) is 21.0. The molecule has 2 aliphatic heterocycles. The van der Waals surface area contributed by atoms with Crippen LogP contribution >= 0.6 is 0 Å². The van der Waals surface area contributed by atoms with Crippen molar-refractivity contribution in [2.24, 2.45) is 5.92 Å². The van der Waals surface area contributed by atoms with E-state index in [1.165, 1.54) is 19.4 Å². The summed E-state index contributed by atoms with van der Waals surface area (Å²) < 4.78 is 27.5. The topological polar surface area (TPSA) is 93.0 Å². The van der Waals surface area contributed by atoms with E-state index in [2.05, 4.69) is 10.1 Å². The molecule has 1 aliphatic carbocycles. The minimum absolute atomic E-state index is 0.0634. The summed E-state index contributed by atoms with van der Waals surface area (Å²) in [4.78, 5) is 25.9. The molecule has 1 aromatic heterocycles. The fraction of sp³-hybridized carbons (Fsp3) is 0.524. The van der Waals surface area contributed by atoms with Gasteiger partial charge in [0.05, 0.1) is 24.2 Å². The van der Waals surface area contributed by atoms with E-state index in [1.54, 1.807) is 4.57 Å². The van der Waals surface area contributed by atoms with Crippen molar-refractivity contribution in [2.75, 3.05) is 31.6 Å². The Kier molecular flexibility index (Phi) is 4.57. The second kappa shape index (κ2) is 7.16. The largest absolute Gasteiger partial charge is 0.511 e. The third-order valence-corrected chi connectivity index (χ3v) is 6.42. The summed E-state index contributed by atoms with van der Waals surface area (Å²) in [6.45, 7) is 2.38. The number of anilines is 1. The van der Waals surface area contributed by atoms with Crippen molar-refractivity contribution in [1.29, 1.82) is 0 Å². The summed E-state index contributed by atoms with van der Waals surface area (Å²) in [7, 11) is 1.47. The number of piperidine rings is 1. The van der Waals surface area contributed by atoms with Crippen LogP contribution in [0.2, 0.25) is 0 Å². The summed E-state index contributed by atoms with van der Waals surface area (Å²) >= 11 is 0. The number of benzene rings is 1. The van der Waals surface area contributed by atoms with Crippen molar-refractivity contribution in [2.45, 2.75) is 37.8 Å². The Balaban J connectivity index is 1.70. The number of carbonyl (C=O) groups is 1. The number of carboxylic acid groups (broad SMARTS) is 1. The Morgan fingerprint density at radius 1 is 1.30 bits per heavy atom. The van der Waals surface area contributed by atoms with E-state index in [9.17, 15) is 9.59 Å². The van der Waals surface area contributed by atoms with Crippen LogP contribution in [-0.2, 0) is 0 Å². The average molecular weight is 417 g/mol. The van der Waals surface area contributed by atoms with Crippen LogP contribution in [0.3, 0.4) is 0 Å². The standard InChI is InChI=1S/C21H24FN3O5/c1-29-20-17-13(19(26)16(30-21(27)28)10-25(17)12-4-5-12)7-14(22)18(20)24-8-11-3-2-6-23-15(11)9-24/h7,10-12,15,23H,2-6,8-9H2,1H3,(H,27,28)/t11-,15+/m0/s1. The Labute approximate surface area is 172 Å². The maximum Gasteiger partial charge on any atom is 0.511 e. The Morgan fingerprint density at radius 2 is 2.10 bits per heavy atom. The predicted octanol–water partition coefficient (Wildman–Crippen LogP) is 2.73. The first-order valence-electron chi connectivity index (χ1n) is 10.3. The van der Waals surface area contributed by atoms with Gasteiger partial charge in [-0.3, -0.25) is 4.79 Å². The lowest BCUT2D eigenvalue weighted by atomic mass is 9.94. The van der Waals surface area contributed by atoms with Crippen LogP contribution < -0.4 is 25.1 Å². The lowest BCUT2D eigenvalue weighted by Gasteiger charge is -2.25. The van der Waals surface area contributed by atoms with Gasteiger partial charge < -0.3 is 29.4 Å². The highest BCUT2D eigenvalue weighted by Crippen LogP contribution is 2.45. The molecule has 0 unspecified atom stereocenters. The van der Waals surface area contributed by atoms with Gasteiger partial charge in [-0.25, -0.2) is 9.18 Å². The van der Waals surface area contributed by atoms with Crippen LogP contribution in [0.4, 0.5) is 14.9 Å². The first kappa shape index (κ1) is 19.2. The molecule has 3 aliphatic rings. The summed E-state index contributed by atoms with van der Waals surface area (Å²) in [5, 5.41) is 12.6. The normalized spacial score (nSPS) is 23.5. The number of hydrogen-bond acceptors (Lipinski definition) is 6. The fourth-order valence-corrected chi connectivity index (χ4v) is 4.94. The molecule has 1 saturated carbocycles. The summed E-state index contributed by atoms with van der Waals surface area (Å²) in [6, 6.07) is 1.60. The molecule has 0 spiro atoms. The monoisotopic (exact) mass is 417 g/mol. The number of nitrogens with zero attached hydrogens (tertiary/aromatic N) is 2. The van der Waals surface area contributed by atoms with Crippen LogP contribution in [0.5, 0.6) is 11.5 Å². The second-order valence-corrected chi connectivity index (χ2v) is 8.33. The van der Waals surface area contributed by atoms with Gasteiger partial charge in [0.25, 0.3) is 0 Å². The minimum Gasteiger partial charge on any atom is -0.492 e. The molecule has 3 fully saturated rings. The van der Waals surface area contributed by atoms with Gasteiger partial charge in [-0.2, -0.15) is 0 Å². The zero-order valence-electron chi connectivity index (χ0n) is 16.7. The highest BCUT2D eigenvalue weighted by molar-refractivity contribution is 5.92. The predicted molar refractivity (Wildman–Crippen MR) is 108 cm³/mol. The van der Waals surface area contributed by atoms with Crippen LogP contribution in [0.25, 0.3) is 10.9 Å². The van der Waals surface area contributed by atoms with Gasteiger partial charge in [-0.05, 0) is 44.2 Å².